The van der Waals surface area contributed by atoms with Gasteiger partial charge in [-0.05, 0) is 12.8 Å². The van der Waals surface area contributed by atoms with E-state index in [9.17, 15) is 0 Å². The fraction of sp³-hybridized carbons (Fsp3) is 0.923. The highest BCUT2D eigenvalue weighted by atomic mass is 15.4. The highest BCUT2D eigenvalue weighted by molar-refractivity contribution is 5.56. The van der Waals surface area contributed by atoms with E-state index in [1.54, 1.807) is 0 Å². The van der Waals surface area contributed by atoms with E-state index in [4.69, 9.17) is 0 Å². The second-order valence-electron chi connectivity index (χ2n) is 4.41. The third-order valence-electron chi connectivity index (χ3n) is 2.50. The van der Waals surface area contributed by atoms with Gasteiger partial charge in [-0.15, -0.1) is 0 Å². The van der Waals surface area contributed by atoms with Crippen LogP contribution in [0.4, 0.5) is 0 Å². The molecule has 0 radical (unpaired) electrons. The van der Waals surface area contributed by atoms with Gasteiger partial charge in [-0.2, -0.15) is 5.10 Å². The predicted octanol–water partition coefficient (Wildman–Crippen LogP) is 4.06. The van der Waals surface area contributed by atoms with Gasteiger partial charge >= 0.3 is 0 Å². The van der Waals surface area contributed by atoms with Gasteiger partial charge in [-0.1, -0.05) is 51.9 Å². The van der Waals surface area contributed by atoms with E-state index < -0.39 is 0 Å². The Morgan fingerprint density at radius 2 is 1.40 bits per heavy atom. The van der Waals surface area contributed by atoms with Crippen LogP contribution in [0.15, 0.2) is 5.10 Å². The van der Waals surface area contributed by atoms with Crippen LogP contribution in [-0.2, 0) is 0 Å². The molecule has 0 aliphatic rings. The molecule has 0 aromatic heterocycles. The summed E-state index contributed by atoms with van der Waals surface area (Å²) < 4.78 is 0. The van der Waals surface area contributed by atoms with Gasteiger partial charge in [-0.25, -0.2) is 0 Å². The van der Waals surface area contributed by atoms with Crippen molar-refractivity contribution in [1.29, 1.82) is 0 Å². The van der Waals surface area contributed by atoms with E-state index in [1.807, 2.05) is 25.3 Å². The third-order valence-corrected chi connectivity index (χ3v) is 2.50. The lowest BCUT2D eigenvalue weighted by Crippen LogP contribution is -2.01. The molecular weight excluding hydrogens is 184 g/mol. The molecule has 0 amide bonds. The third kappa shape index (κ3) is 13.5. The van der Waals surface area contributed by atoms with E-state index in [2.05, 4.69) is 12.0 Å². The topological polar surface area (TPSA) is 15.6 Å². The maximum Gasteiger partial charge on any atom is 0.0244 e. The molecule has 0 bridgehead atoms. The number of hydrogen-bond acceptors (Lipinski definition) is 2. The monoisotopic (exact) mass is 212 g/mol. The van der Waals surface area contributed by atoms with Crippen LogP contribution in [0.3, 0.4) is 0 Å². The first-order chi connectivity index (χ1) is 7.27. The molecule has 0 aliphatic carbocycles. The van der Waals surface area contributed by atoms with Gasteiger partial charge in [0.25, 0.3) is 0 Å². The van der Waals surface area contributed by atoms with Gasteiger partial charge in [0.2, 0.25) is 0 Å². The second kappa shape index (κ2) is 11.5. The molecule has 0 aromatic carbocycles. The SMILES string of the molecule is CCCCCCCCCC/C=N\N(C)C. The summed E-state index contributed by atoms with van der Waals surface area (Å²) in [4.78, 5) is 0. The lowest BCUT2D eigenvalue weighted by Gasteiger charge is -2.02. The standard InChI is InChI=1S/C13H28N2/c1-4-5-6-7-8-9-10-11-12-13-14-15(2)3/h13H,4-12H2,1-3H3/b14-13-. The lowest BCUT2D eigenvalue weighted by atomic mass is 10.1. The first-order valence-corrected chi connectivity index (χ1v) is 6.47. The van der Waals surface area contributed by atoms with Crippen LogP contribution in [0.5, 0.6) is 0 Å². The number of nitrogens with zero attached hydrogens (tertiary/aromatic N) is 2. The van der Waals surface area contributed by atoms with Crippen molar-refractivity contribution in [2.24, 2.45) is 5.10 Å². The summed E-state index contributed by atoms with van der Waals surface area (Å²) in [7, 11) is 3.93. The minimum Gasteiger partial charge on any atom is -0.303 e. The van der Waals surface area contributed by atoms with Crippen molar-refractivity contribution in [1.82, 2.24) is 5.01 Å². The number of hydrazone groups is 1. The molecule has 0 aliphatic heterocycles. The zero-order chi connectivity index (χ0) is 11.4. The molecule has 0 unspecified atom stereocenters. The molecule has 0 atom stereocenters. The van der Waals surface area contributed by atoms with Crippen molar-refractivity contribution in [3.05, 3.63) is 0 Å². The van der Waals surface area contributed by atoms with Crippen LogP contribution in [-0.4, -0.2) is 25.3 Å². The van der Waals surface area contributed by atoms with E-state index >= 15 is 0 Å². The molecular formula is C13H28N2. The number of unbranched alkanes of at least 4 members (excludes halogenated alkanes) is 8. The van der Waals surface area contributed by atoms with Crippen LogP contribution >= 0.6 is 0 Å². The summed E-state index contributed by atoms with van der Waals surface area (Å²) >= 11 is 0. The summed E-state index contributed by atoms with van der Waals surface area (Å²) in [5.41, 5.74) is 0. The highest BCUT2D eigenvalue weighted by Gasteiger charge is 1.90. The molecule has 0 aromatic rings. The summed E-state index contributed by atoms with van der Waals surface area (Å²) in [5, 5.41) is 6.04. The maximum atomic E-state index is 4.19. The van der Waals surface area contributed by atoms with Crippen LogP contribution in [0.25, 0.3) is 0 Å². The van der Waals surface area contributed by atoms with E-state index in [1.165, 1.54) is 51.4 Å². The lowest BCUT2D eigenvalue weighted by molar-refractivity contribution is 0.438. The van der Waals surface area contributed by atoms with Crippen molar-refractivity contribution >= 4 is 6.21 Å². The quantitative estimate of drug-likeness (QED) is 0.303. The van der Waals surface area contributed by atoms with E-state index in [0.29, 0.717) is 0 Å². The molecule has 90 valence electrons. The molecule has 0 saturated carbocycles. The molecule has 0 heterocycles. The first kappa shape index (κ1) is 14.5. The Hall–Kier alpha value is -0.530. The summed E-state index contributed by atoms with van der Waals surface area (Å²) in [6.07, 6.45) is 14.3. The van der Waals surface area contributed by atoms with E-state index in [0.717, 1.165) is 6.42 Å². The van der Waals surface area contributed by atoms with Gasteiger partial charge in [0, 0.05) is 20.3 Å². The Labute approximate surface area is 95.7 Å². The van der Waals surface area contributed by atoms with Gasteiger partial charge in [0.1, 0.15) is 0 Å². The molecule has 0 rings (SSSR count). The largest absolute Gasteiger partial charge is 0.303 e. The normalized spacial score (nSPS) is 11.1. The number of hydrogen-bond donors (Lipinski definition) is 0. The fourth-order valence-electron chi connectivity index (χ4n) is 1.59. The number of rotatable bonds is 10. The molecule has 0 fully saturated rings. The van der Waals surface area contributed by atoms with Gasteiger partial charge in [0.15, 0.2) is 0 Å². The van der Waals surface area contributed by atoms with Crippen LogP contribution in [0.2, 0.25) is 0 Å². The molecule has 0 saturated heterocycles. The zero-order valence-electron chi connectivity index (χ0n) is 10.8. The summed E-state index contributed by atoms with van der Waals surface area (Å²) in [5.74, 6) is 0. The molecule has 0 spiro atoms. The Morgan fingerprint density at radius 1 is 0.867 bits per heavy atom. The minimum atomic E-state index is 1.13. The molecule has 2 heteroatoms. The van der Waals surface area contributed by atoms with Crippen molar-refractivity contribution in [2.75, 3.05) is 14.1 Å². The van der Waals surface area contributed by atoms with Crippen LogP contribution in [0.1, 0.15) is 64.7 Å². The van der Waals surface area contributed by atoms with Gasteiger partial charge in [0.05, 0.1) is 0 Å². The first-order valence-electron chi connectivity index (χ1n) is 6.47. The minimum absolute atomic E-state index is 1.13. The molecule has 0 N–H and O–H groups in total. The van der Waals surface area contributed by atoms with Crippen molar-refractivity contribution < 1.29 is 0 Å². The van der Waals surface area contributed by atoms with E-state index in [-0.39, 0.29) is 0 Å². The Balaban J connectivity index is 2.99. The van der Waals surface area contributed by atoms with Crippen LogP contribution < -0.4 is 0 Å². The Morgan fingerprint density at radius 3 is 1.93 bits per heavy atom. The van der Waals surface area contributed by atoms with Crippen molar-refractivity contribution in [3.8, 4) is 0 Å². The Bertz CT molecular complexity index is 141. The predicted molar refractivity (Wildman–Crippen MR) is 69.4 cm³/mol. The van der Waals surface area contributed by atoms with Gasteiger partial charge < -0.3 is 5.01 Å². The maximum absolute atomic E-state index is 4.19. The molecule has 15 heavy (non-hydrogen) atoms. The average molecular weight is 212 g/mol. The van der Waals surface area contributed by atoms with Crippen LogP contribution in [0, 0.1) is 0 Å². The highest BCUT2D eigenvalue weighted by Crippen LogP contribution is 2.08. The van der Waals surface area contributed by atoms with Gasteiger partial charge in [-0.3, -0.25) is 0 Å². The second-order valence-corrected chi connectivity index (χ2v) is 4.41. The average Bonchev–Trinajstić information content (AvgIpc) is 2.20. The smallest absolute Gasteiger partial charge is 0.0244 e. The zero-order valence-corrected chi connectivity index (χ0v) is 10.8. The fourth-order valence-corrected chi connectivity index (χ4v) is 1.59. The summed E-state index contributed by atoms with van der Waals surface area (Å²) in [6, 6.07) is 0. The molecule has 2 nitrogen and oxygen atoms in total. The summed E-state index contributed by atoms with van der Waals surface area (Å²) in [6.45, 7) is 2.27. The van der Waals surface area contributed by atoms with Crippen molar-refractivity contribution in [2.45, 2.75) is 64.7 Å². The van der Waals surface area contributed by atoms with Crippen molar-refractivity contribution in [3.63, 3.8) is 0 Å². The Kier molecular flexibility index (Phi) is 11.1.